The fourth-order valence-electron chi connectivity index (χ4n) is 1.92. The van der Waals surface area contributed by atoms with Crippen molar-refractivity contribution < 1.29 is 0 Å². The van der Waals surface area contributed by atoms with Crippen LogP contribution in [-0.2, 0) is 0 Å². The van der Waals surface area contributed by atoms with Gasteiger partial charge in [0.25, 0.3) is 0 Å². The molecule has 3 unspecified atom stereocenters. The summed E-state index contributed by atoms with van der Waals surface area (Å²) in [6, 6.07) is 8.42. The molecular weight excluding hydrogens is 182 g/mol. The Bertz CT molecular complexity index is 309. The molecule has 1 nitrogen and oxygen atoms in total. The minimum absolute atomic E-state index is 0.309. The summed E-state index contributed by atoms with van der Waals surface area (Å²) < 4.78 is 0. The van der Waals surface area contributed by atoms with Gasteiger partial charge >= 0.3 is 0 Å². The van der Waals surface area contributed by atoms with E-state index in [1.54, 1.807) is 0 Å². The van der Waals surface area contributed by atoms with E-state index in [0.29, 0.717) is 17.9 Å². The van der Waals surface area contributed by atoms with Gasteiger partial charge in [-0.25, -0.2) is 0 Å². The molecule has 1 saturated carbocycles. The molecular formula is C11H14ClN. The highest BCUT2D eigenvalue weighted by atomic mass is 35.5. The number of hydrogen-bond acceptors (Lipinski definition) is 1. The summed E-state index contributed by atoms with van der Waals surface area (Å²) in [6.45, 7) is 2.08. The van der Waals surface area contributed by atoms with Crippen LogP contribution in [-0.4, -0.2) is 6.04 Å². The van der Waals surface area contributed by atoms with Gasteiger partial charge in [-0.05, 0) is 42.9 Å². The van der Waals surface area contributed by atoms with Crippen LogP contribution in [0.3, 0.4) is 0 Å². The standard InChI is InChI=1S/C11H14ClN/c1-7(13)10-6-11(10)8-3-2-4-9(12)5-8/h2-5,7,10-11H,6,13H2,1H3. The van der Waals surface area contributed by atoms with Crippen molar-refractivity contribution in [3.63, 3.8) is 0 Å². The van der Waals surface area contributed by atoms with Crippen LogP contribution in [0.5, 0.6) is 0 Å². The Kier molecular flexibility index (Phi) is 2.31. The highest BCUT2D eigenvalue weighted by molar-refractivity contribution is 6.30. The van der Waals surface area contributed by atoms with Crippen LogP contribution in [0.4, 0.5) is 0 Å². The van der Waals surface area contributed by atoms with E-state index in [1.165, 1.54) is 12.0 Å². The van der Waals surface area contributed by atoms with Gasteiger partial charge in [-0.2, -0.15) is 0 Å². The number of benzene rings is 1. The minimum atomic E-state index is 0.309. The first-order chi connectivity index (χ1) is 6.18. The molecule has 1 aromatic rings. The highest BCUT2D eigenvalue weighted by Gasteiger charge is 2.40. The summed E-state index contributed by atoms with van der Waals surface area (Å²) in [5.41, 5.74) is 7.17. The molecule has 1 aliphatic rings. The fourth-order valence-corrected chi connectivity index (χ4v) is 2.11. The molecule has 1 fully saturated rings. The largest absolute Gasteiger partial charge is 0.328 e. The normalized spacial score (nSPS) is 28.5. The Morgan fingerprint density at radius 1 is 1.54 bits per heavy atom. The van der Waals surface area contributed by atoms with E-state index in [4.69, 9.17) is 17.3 Å². The van der Waals surface area contributed by atoms with E-state index in [1.807, 2.05) is 12.1 Å². The third kappa shape index (κ3) is 1.87. The number of halogens is 1. The molecule has 1 aromatic carbocycles. The molecule has 13 heavy (non-hydrogen) atoms. The average Bonchev–Trinajstić information content (AvgIpc) is 2.82. The van der Waals surface area contributed by atoms with Gasteiger partial charge in [-0.1, -0.05) is 23.7 Å². The van der Waals surface area contributed by atoms with Gasteiger partial charge in [0.1, 0.15) is 0 Å². The molecule has 0 radical (unpaired) electrons. The SMILES string of the molecule is CC(N)C1CC1c1cccc(Cl)c1. The Labute approximate surface area is 83.9 Å². The fraction of sp³-hybridized carbons (Fsp3) is 0.455. The van der Waals surface area contributed by atoms with Crippen molar-refractivity contribution in [3.05, 3.63) is 34.9 Å². The van der Waals surface area contributed by atoms with E-state index in [0.717, 1.165) is 5.02 Å². The summed E-state index contributed by atoms with van der Waals surface area (Å²) in [5, 5.41) is 0.827. The van der Waals surface area contributed by atoms with E-state index in [9.17, 15) is 0 Å². The molecule has 2 N–H and O–H groups in total. The molecule has 3 atom stereocenters. The molecule has 70 valence electrons. The van der Waals surface area contributed by atoms with Crippen LogP contribution in [0, 0.1) is 5.92 Å². The number of rotatable bonds is 2. The van der Waals surface area contributed by atoms with Gasteiger partial charge in [0.05, 0.1) is 0 Å². The summed E-state index contributed by atoms with van der Waals surface area (Å²) in [7, 11) is 0. The molecule has 0 aliphatic heterocycles. The van der Waals surface area contributed by atoms with Crippen molar-refractivity contribution in [3.8, 4) is 0 Å². The van der Waals surface area contributed by atoms with Gasteiger partial charge in [0, 0.05) is 11.1 Å². The lowest BCUT2D eigenvalue weighted by Gasteiger charge is -2.03. The molecule has 1 aliphatic carbocycles. The van der Waals surface area contributed by atoms with Gasteiger partial charge in [0.2, 0.25) is 0 Å². The summed E-state index contributed by atoms with van der Waals surface area (Å²) in [6.07, 6.45) is 1.22. The molecule has 0 heterocycles. The van der Waals surface area contributed by atoms with Crippen molar-refractivity contribution in [2.45, 2.75) is 25.3 Å². The zero-order valence-corrected chi connectivity index (χ0v) is 8.46. The molecule has 0 spiro atoms. The Morgan fingerprint density at radius 2 is 2.31 bits per heavy atom. The molecule has 2 rings (SSSR count). The van der Waals surface area contributed by atoms with E-state index < -0.39 is 0 Å². The summed E-state index contributed by atoms with van der Waals surface area (Å²) >= 11 is 5.91. The van der Waals surface area contributed by atoms with Crippen molar-refractivity contribution in [2.24, 2.45) is 11.7 Å². The first kappa shape index (κ1) is 9.04. The zero-order valence-electron chi connectivity index (χ0n) is 7.70. The van der Waals surface area contributed by atoms with Crippen molar-refractivity contribution >= 4 is 11.6 Å². The topological polar surface area (TPSA) is 26.0 Å². The third-order valence-corrected chi connectivity index (χ3v) is 3.03. The Hall–Kier alpha value is -0.530. The zero-order chi connectivity index (χ0) is 9.42. The predicted octanol–water partition coefficient (Wildman–Crippen LogP) is 2.79. The molecule has 0 amide bonds. The maximum atomic E-state index is 5.91. The van der Waals surface area contributed by atoms with Crippen molar-refractivity contribution in [1.82, 2.24) is 0 Å². The monoisotopic (exact) mass is 195 g/mol. The van der Waals surface area contributed by atoms with E-state index in [-0.39, 0.29) is 0 Å². The Balaban J connectivity index is 2.12. The average molecular weight is 196 g/mol. The minimum Gasteiger partial charge on any atom is -0.328 e. The Morgan fingerprint density at radius 3 is 2.85 bits per heavy atom. The van der Waals surface area contributed by atoms with Gasteiger partial charge < -0.3 is 5.73 Å². The second kappa shape index (κ2) is 3.32. The maximum absolute atomic E-state index is 5.91. The second-order valence-electron chi connectivity index (χ2n) is 3.92. The van der Waals surface area contributed by atoms with Crippen LogP contribution in [0.2, 0.25) is 5.02 Å². The quantitative estimate of drug-likeness (QED) is 0.772. The second-order valence-corrected chi connectivity index (χ2v) is 4.36. The molecule has 0 saturated heterocycles. The smallest absolute Gasteiger partial charge is 0.0408 e. The summed E-state index contributed by atoms with van der Waals surface area (Å²) in [5.74, 6) is 1.32. The number of hydrogen-bond donors (Lipinski definition) is 1. The lowest BCUT2D eigenvalue weighted by molar-refractivity contribution is 0.631. The van der Waals surface area contributed by atoms with Crippen molar-refractivity contribution in [1.29, 1.82) is 0 Å². The lowest BCUT2D eigenvalue weighted by atomic mass is 10.1. The maximum Gasteiger partial charge on any atom is 0.0408 e. The van der Waals surface area contributed by atoms with Crippen LogP contribution in [0.1, 0.15) is 24.8 Å². The third-order valence-electron chi connectivity index (χ3n) is 2.79. The first-order valence-corrected chi connectivity index (χ1v) is 5.07. The van der Waals surface area contributed by atoms with Gasteiger partial charge in [0.15, 0.2) is 0 Å². The highest BCUT2D eigenvalue weighted by Crippen LogP contribution is 2.49. The van der Waals surface area contributed by atoms with E-state index >= 15 is 0 Å². The lowest BCUT2D eigenvalue weighted by Crippen LogP contribution is -2.17. The van der Waals surface area contributed by atoms with E-state index in [2.05, 4.69) is 19.1 Å². The molecule has 0 bridgehead atoms. The predicted molar refractivity (Wildman–Crippen MR) is 55.9 cm³/mol. The van der Waals surface area contributed by atoms with Crippen LogP contribution in [0.15, 0.2) is 24.3 Å². The van der Waals surface area contributed by atoms with Crippen LogP contribution in [0.25, 0.3) is 0 Å². The summed E-state index contributed by atoms with van der Waals surface area (Å²) in [4.78, 5) is 0. The molecule has 0 aromatic heterocycles. The van der Waals surface area contributed by atoms with Gasteiger partial charge in [-0.15, -0.1) is 0 Å². The van der Waals surface area contributed by atoms with Gasteiger partial charge in [-0.3, -0.25) is 0 Å². The van der Waals surface area contributed by atoms with Crippen LogP contribution < -0.4 is 5.73 Å². The first-order valence-electron chi connectivity index (χ1n) is 4.69. The molecule has 2 heteroatoms. The number of nitrogens with two attached hydrogens (primary N) is 1. The van der Waals surface area contributed by atoms with Crippen molar-refractivity contribution in [2.75, 3.05) is 0 Å². The van der Waals surface area contributed by atoms with Crippen LogP contribution >= 0.6 is 11.6 Å².